The van der Waals surface area contributed by atoms with Crippen LogP contribution in [0.25, 0.3) is 0 Å². The van der Waals surface area contributed by atoms with Crippen LogP contribution in [0.2, 0.25) is 0 Å². The van der Waals surface area contributed by atoms with E-state index in [0.717, 1.165) is 5.56 Å². The average molecular weight is 309 g/mol. The first kappa shape index (κ1) is 16.4. The van der Waals surface area contributed by atoms with Crippen LogP contribution >= 0.6 is 0 Å². The Balaban J connectivity index is 2.21. The molecular formula is C17H18F3NO. The highest BCUT2D eigenvalue weighted by Gasteiger charge is 2.27. The molecule has 0 saturated heterocycles. The summed E-state index contributed by atoms with van der Waals surface area (Å²) in [4.78, 5) is 0. The van der Waals surface area contributed by atoms with Gasteiger partial charge in [-0.15, -0.1) is 0 Å². The predicted molar refractivity (Wildman–Crippen MR) is 80.7 cm³/mol. The second-order valence-electron chi connectivity index (χ2n) is 5.47. The molecule has 0 amide bonds. The Kier molecular flexibility index (Phi) is 4.76. The van der Waals surface area contributed by atoms with Crippen molar-refractivity contribution in [1.29, 1.82) is 0 Å². The lowest BCUT2D eigenvalue weighted by Gasteiger charge is -2.15. The lowest BCUT2D eigenvalue weighted by atomic mass is 9.97. The Morgan fingerprint density at radius 3 is 2.05 bits per heavy atom. The van der Waals surface area contributed by atoms with Gasteiger partial charge in [-0.25, -0.2) is 0 Å². The molecule has 2 N–H and O–H groups in total. The molecular weight excluding hydrogens is 291 g/mol. The highest BCUT2D eigenvalue weighted by atomic mass is 19.4. The molecule has 0 aromatic heterocycles. The fourth-order valence-corrected chi connectivity index (χ4v) is 2.21. The lowest BCUT2D eigenvalue weighted by Crippen LogP contribution is -2.20. The third-order valence-corrected chi connectivity index (χ3v) is 3.41. The van der Waals surface area contributed by atoms with Crippen LogP contribution in [0.1, 0.15) is 42.6 Å². The van der Waals surface area contributed by atoms with E-state index in [1.54, 1.807) is 18.2 Å². The van der Waals surface area contributed by atoms with Crippen molar-refractivity contribution in [3.05, 3.63) is 65.2 Å². The number of aliphatic hydroxyl groups excluding tert-OH is 1. The smallest absolute Gasteiger partial charge is 0.384 e. The minimum absolute atomic E-state index is 0.0946. The molecule has 1 atom stereocenters. The van der Waals surface area contributed by atoms with Crippen molar-refractivity contribution in [2.75, 3.05) is 5.32 Å². The van der Waals surface area contributed by atoms with E-state index in [0.29, 0.717) is 17.0 Å². The molecule has 0 radical (unpaired) electrons. The highest BCUT2D eigenvalue weighted by molar-refractivity contribution is 5.48. The van der Waals surface area contributed by atoms with Gasteiger partial charge in [0.2, 0.25) is 0 Å². The summed E-state index contributed by atoms with van der Waals surface area (Å²) in [6, 6.07) is 13.1. The zero-order valence-corrected chi connectivity index (χ0v) is 12.4. The fraction of sp³-hybridized carbons (Fsp3) is 0.294. The highest BCUT2D eigenvalue weighted by Crippen LogP contribution is 2.27. The molecule has 0 aliphatic carbocycles. The van der Waals surface area contributed by atoms with Crippen molar-refractivity contribution >= 4 is 5.69 Å². The molecule has 118 valence electrons. The number of hydrogen-bond donors (Lipinski definition) is 2. The SMILES string of the molecule is CC(C)c1ccc(C(O)c2cccc(NC(F)(F)F)c2)cc1. The molecule has 0 spiro atoms. The van der Waals surface area contributed by atoms with Gasteiger partial charge in [-0.1, -0.05) is 50.2 Å². The van der Waals surface area contributed by atoms with Crippen LogP contribution < -0.4 is 5.32 Å². The first-order chi connectivity index (χ1) is 10.3. The van der Waals surface area contributed by atoms with Crippen LogP contribution in [0.5, 0.6) is 0 Å². The summed E-state index contributed by atoms with van der Waals surface area (Å²) in [5.41, 5.74) is 2.10. The van der Waals surface area contributed by atoms with Gasteiger partial charge in [0.15, 0.2) is 0 Å². The van der Waals surface area contributed by atoms with Crippen molar-refractivity contribution in [3.8, 4) is 0 Å². The monoisotopic (exact) mass is 309 g/mol. The molecule has 0 fully saturated rings. The average Bonchev–Trinajstić information content (AvgIpc) is 2.45. The first-order valence-corrected chi connectivity index (χ1v) is 6.99. The minimum atomic E-state index is -4.50. The van der Waals surface area contributed by atoms with E-state index < -0.39 is 12.4 Å². The Morgan fingerprint density at radius 2 is 1.50 bits per heavy atom. The van der Waals surface area contributed by atoms with Crippen LogP contribution in [0, 0.1) is 0 Å². The molecule has 2 nitrogen and oxygen atoms in total. The molecule has 0 aliphatic rings. The number of hydrogen-bond acceptors (Lipinski definition) is 2. The molecule has 0 saturated carbocycles. The van der Waals surface area contributed by atoms with Crippen molar-refractivity contribution in [2.45, 2.75) is 32.2 Å². The van der Waals surface area contributed by atoms with Crippen LogP contribution in [0.3, 0.4) is 0 Å². The maximum atomic E-state index is 12.3. The summed E-state index contributed by atoms with van der Waals surface area (Å²) in [6.07, 6.45) is -5.46. The normalized spacial score (nSPS) is 13.2. The van der Waals surface area contributed by atoms with Gasteiger partial charge in [0, 0.05) is 5.69 Å². The molecule has 2 aromatic rings. The van der Waals surface area contributed by atoms with Gasteiger partial charge in [0.25, 0.3) is 0 Å². The summed E-state index contributed by atoms with van der Waals surface area (Å²) in [5, 5.41) is 11.8. The van der Waals surface area contributed by atoms with Gasteiger partial charge < -0.3 is 5.11 Å². The lowest BCUT2D eigenvalue weighted by molar-refractivity contribution is -0.0999. The van der Waals surface area contributed by atoms with E-state index in [1.807, 2.05) is 12.1 Å². The van der Waals surface area contributed by atoms with E-state index in [2.05, 4.69) is 13.8 Å². The van der Waals surface area contributed by atoms with E-state index in [-0.39, 0.29) is 5.69 Å². The second kappa shape index (κ2) is 6.40. The largest absolute Gasteiger partial charge is 0.482 e. The molecule has 0 bridgehead atoms. The molecule has 2 aromatic carbocycles. The zero-order chi connectivity index (χ0) is 16.3. The van der Waals surface area contributed by atoms with Crippen molar-refractivity contribution < 1.29 is 18.3 Å². The molecule has 2 rings (SSSR count). The quantitative estimate of drug-likeness (QED) is 0.793. The molecule has 1 unspecified atom stereocenters. The Labute approximate surface area is 127 Å². The maximum Gasteiger partial charge on any atom is 0.482 e. The summed E-state index contributed by atoms with van der Waals surface area (Å²) >= 11 is 0. The molecule has 5 heteroatoms. The fourth-order valence-electron chi connectivity index (χ4n) is 2.21. The number of halogens is 3. The Bertz CT molecular complexity index is 621. The van der Waals surface area contributed by atoms with Crippen LogP contribution in [-0.4, -0.2) is 11.4 Å². The van der Waals surface area contributed by atoms with Gasteiger partial charge >= 0.3 is 6.30 Å². The number of anilines is 1. The summed E-state index contributed by atoms with van der Waals surface area (Å²) in [6.45, 7) is 4.13. The summed E-state index contributed by atoms with van der Waals surface area (Å²) < 4.78 is 37.0. The topological polar surface area (TPSA) is 32.3 Å². The third-order valence-electron chi connectivity index (χ3n) is 3.41. The van der Waals surface area contributed by atoms with Crippen LogP contribution in [-0.2, 0) is 0 Å². The Hall–Kier alpha value is -2.01. The van der Waals surface area contributed by atoms with Crippen molar-refractivity contribution in [1.82, 2.24) is 0 Å². The standard InChI is InChI=1S/C17H18F3NO/c1-11(2)12-6-8-13(9-7-12)16(22)14-4-3-5-15(10-14)21-17(18,19)20/h3-11,16,21-22H,1-2H3. The van der Waals surface area contributed by atoms with E-state index >= 15 is 0 Å². The predicted octanol–water partition coefficient (Wildman–Crippen LogP) is 4.82. The number of alkyl halides is 3. The van der Waals surface area contributed by atoms with Gasteiger partial charge in [0.05, 0.1) is 0 Å². The van der Waals surface area contributed by atoms with Crippen molar-refractivity contribution in [3.63, 3.8) is 0 Å². The number of benzene rings is 2. The number of aliphatic hydroxyl groups is 1. The van der Waals surface area contributed by atoms with Crippen LogP contribution in [0.4, 0.5) is 18.9 Å². The van der Waals surface area contributed by atoms with Gasteiger partial charge in [-0.2, -0.15) is 13.2 Å². The molecule has 0 aliphatic heterocycles. The molecule has 0 heterocycles. The van der Waals surface area contributed by atoms with E-state index in [4.69, 9.17) is 0 Å². The van der Waals surface area contributed by atoms with E-state index in [9.17, 15) is 18.3 Å². The summed E-state index contributed by atoms with van der Waals surface area (Å²) in [5.74, 6) is 0.380. The number of nitrogens with one attached hydrogen (secondary N) is 1. The molecule has 22 heavy (non-hydrogen) atoms. The van der Waals surface area contributed by atoms with Crippen molar-refractivity contribution in [2.24, 2.45) is 0 Å². The minimum Gasteiger partial charge on any atom is -0.384 e. The van der Waals surface area contributed by atoms with E-state index in [1.165, 1.54) is 23.5 Å². The Morgan fingerprint density at radius 1 is 0.909 bits per heavy atom. The van der Waals surface area contributed by atoms with Gasteiger partial charge in [-0.3, -0.25) is 5.32 Å². The zero-order valence-electron chi connectivity index (χ0n) is 12.4. The number of rotatable bonds is 4. The summed E-state index contributed by atoms with van der Waals surface area (Å²) in [7, 11) is 0. The second-order valence-corrected chi connectivity index (χ2v) is 5.47. The third kappa shape index (κ3) is 4.24. The maximum absolute atomic E-state index is 12.3. The van der Waals surface area contributed by atoms with Gasteiger partial charge in [-0.05, 0) is 34.7 Å². The van der Waals surface area contributed by atoms with Crippen LogP contribution in [0.15, 0.2) is 48.5 Å². The first-order valence-electron chi connectivity index (χ1n) is 6.99. The van der Waals surface area contributed by atoms with Gasteiger partial charge in [0.1, 0.15) is 6.10 Å².